The van der Waals surface area contributed by atoms with Gasteiger partial charge in [0.2, 0.25) is 0 Å². The Labute approximate surface area is 739 Å². The number of hydrogen-bond acceptors (Lipinski definition) is 21. The van der Waals surface area contributed by atoms with Crippen LogP contribution >= 0.6 is 0 Å². The molecule has 0 amide bonds. The van der Waals surface area contributed by atoms with Crippen molar-refractivity contribution in [2.75, 3.05) is 0 Å². The first-order valence-corrected chi connectivity index (χ1v) is 42.2. The molecule has 14 aromatic heterocycles. The third-order valence-corrected chi connectivity index (χ3v) is 23.4. The molecule has 0 atom stereocenters. The van der Waals surface area contributed by atoms with Crippen LogP contribution in [0.25, 0.3) is 253 Å². The molecule has 14 heterocycles. The highest BCUT2D eigenvalue weighted by atomic mass is 16.4. The van der Waals surface area contributed by atoms with E-state index < -0.39 is 0 Å². The zero-order chi connectivity index (χ0) is 86.7. The average Bonchev–Trinajstić information content (AvgIpc) is 1.66. The molecule has 0 radical (unpaired) electrons. The smallest absolute Gasteiger partial charge is 0.161 e. The lowest BCUT2D eigenvalue weighted by molar-refractivity contribution is 0.669. The number of rotatable bonds is 2. The first kappa shape index (κ1) is 76.2. The van der Waals surface area contributed by atoms with Gasteiger partial charge >= 0.3 is 0 Å². The van der Waals surface area contributed by atoms with Gasteiger partial charge in [-0.2, -0.15) is 0 Å². The molecule has 21 nitrogen and oxygen atoms in total. The van der Waals surface area contributed by atoms with E-state index in [1.165, 1.54) is 0 Å². The predicted octanol–water partition coefficient (Wildman–Crippen LogP) is 28.0. The van der Waals surface area contributed by atoms with Gasteiger partial charge in [0.05, 0.1) is 44.0 Å². The van der Waals surface area contributed by atoms with E-state index in [9.17, 15) is 0 Å². The number of fused-ring (bicyclic) bond motifs is 33. The van der Waals surface area contributed by atoms with Gasteiger partial charge in [-0.05, 0) is 115 Å². The molecule has 0 N–H and O–H groups in total. The van der Waals surface area contributed by atoms with E-state index in [4.69, 9.17) is 40.9 Å². The third kappa shape index (κ3) is 14.0. The first-order chi connectivity index (χ1) is 64.9. The molecule has 16 aromatic carbocycles. The summed E-state index contributed by atoms with van der Waals surface area (Å²) in [5.74, 6) is 0.699. The van der Waals surface area contributed by atoms with Crippen molar-refractivity contribution in [1.29, 1.82) is 0 Å². The van der Waals surface area contributed by atoms with E-state index in [1.807, 2.05) is 243 Å². The minimum Gasteiger partial charge on any atom is -0.456 e. The van der Waals surface area contributed by atoms with Gasteiger partial charge in [0.15, 0.2) is 17.0 Å². The highest BCUT2D eigenvalue weighted by Gasteiger charge is 2.21. The molecule has 30 aromatic rings. The Bertz CT molecular complexity index is 9120. The van der Waals surface area contributed by atoms with Crippen molar-refractivity contribution in [3.8, 4) is 22.6 Å². The SMILES string of the molecule is c1ccc(-c2nc(-c3ccccc3)c3ccc4c5ccccc5oc4c3n2)cc1.c1ccc2c(c1)oc1c2ccc2cncnc21.c1ccc2c(c1)oc1c3cncnc3ccc21.c1ccc2c(c1)oc1cc3cncnc3cc12.c1ccc2c(c1)oc1cc3ncncc3cc12.c1ccc2c(c1)oc1ccc3cncnc3c12.c1ccc2c(c1)oc1ccc3ncncc3c12. The number of para-hydroxylation sites is 7. The summed E-state index contributed by atoms with van der Waals surface area (Å²) >= 11 is 0. The Kier molecular flexibility index (Phi) is 18.9. The summed E-state index contributed by atoms with van der Waals surface area (Å²) in [6.45, 7) is 0. The summed E-state index contributed by atoms with van der Waals surface area (Å²) in [6.07, 6.45) is 20.2. The van der Waals surface area contributed by atoms with Crippen molar-refractivity contribution in [2.24, 2.45) is 0 Å². The third-order valence-electron chi connectivity index (χ3n) is 23.4. The van der Waals surface area contributed by atoms with E-state index in [1.54, 1.807) is 56.6 Å². The van der Waals surface area contributed by atoms with Gasteiger partial charge in [0, 0.05) is 157 Å². The maximum Gasteiger partial charge on any atom is 0.161 e. The van der Waals surface area contributed by atoms with Crippen molar-refractivity contribution < 1.29 is 30.9 Å². The molecular formula is C110H64N14O7. The minimum atomic E-state index is 0.699. The maximum absolute atomic E-state index is 6.26. The van der Waals surface area contributed by atoms with E-state index in [2.05, 4.69) is 151 Å². The fourth-order valence-corrected chi connectivity index (χ4v) is 17.3. The van der Waals surface area contributed by atoms with E-state index in [-0.39, 0.29) is 0 Å². The molecule has 616 valence electrons. The normalized spacial score (nSPS) is 11.5. The van der Waals surface area contributed by atoms with Crippen molar-refractivity contribution in [3.63, 3.8) is 0 Å². The van der Waals surface area contributed by atoms with Gasteiger partial charge in [0.1, 0.15) is 116 Å². The fraction of sp³-hybridized carbons (Fsp3) is 0. The summed E-state index contributed by atoms with van der Waals surface area (Å²) in [6, 6.07) is 105. The van der Waals surface area contributed by atoms with Crippen molar-refractivity contribution in [2.45, 2.75) is 0 Å². The van der Waals surface area contributed by atoms with Gasteiger partial charge in [-0.3, -0.25) is 0 Å². The molecule has 0 aliphatic heterocycles. The minimum absolute atomic E-state index is 0.699. The molecule has 0 bridgehead atoms. The molecule has 21 heteroatoms. The van der Waals surface area contributed by atoms with Gasteiger partial charge in [-0.1, -0.05) is 194 Å². The van der Waals surface area contributed by atoms with Crippen LogP contribution < -0.4 is 0 Å². The zero-order valence-corrected chi connectivity index (χ0v) is 69.1. The lowest BCUT2D eigenvalue weighted by Gasteiger charge is -2.09. The Balaban J connectivity index is 0.0000000854. The average molecular weight is 1690 g/mol. The summed E-state index contributed by atoms with van der Waals surface area (Å²) in [5, 5.41) is 22.6. The monoisotopic (exact) mass is 1690 g/mol. The summed E-state index contributed by atoms with van der Waals surface area (Å²) in [4.78, 5) is 59.8. The Hall–Kier alpha value is -18.5. The molecule has 30 rings (SSSR count). The van der Waals surface area contributed by atoms with Crippen LogP contribution in [0.5, 0.6) is 0 Å². The molecule has 0 saturated heterocycles. The zero-order valence-electron chi connectivity index (χ0n) is 69.1. The van der Waals surface area contributed by atoms with Crippen LogP contribution in [-0.2, 0) is 0 Å². The Morgan fingerprint density at radius 3 is 1.15 bits per heavy atom. The molecule has 0 aliphatic carbocycles. The molecule has 0 fully saturated rings. The number of nitrogens with zero attached hydrogens (tertiary/aromatic N) is 14. The summed E-state index contributed by atoms with van der Waals surface area (Å²) in [5.41, 5.74) is 21.6. The Morgan fingerprint density at radius 2 is 0.542 bits per heavy atom. The Morgan fingerprint density at radius 1 is 0.176 bits per heavy atom. The van der Waals surface area contributed by atoms with Crippen LogP contribution in [-0.4, -0.2) is 69.8 Å². The highest BCUT2D eigenvalue weighted by molar-refractivity contribution is 6.21. The lowest BCUT2D eigenvalue weighted by atomic mass is 10.0. The number of benzene rings is 16. The van der Waals surface area contributed by atoms with Gasteiger partial charge in [-0.15, -0.1) is 0 Å². The van der Waals surface area contributed by atoms with Crippen molar-refractivity contribution >= 4 is 230 Å². The maximum atomic E-state index is 6.26. The van der Waals surface area contributed by atoms with Crippen LogP contribution in [0.3, 0.4) is 0 Å². The molecular weight excluding hydrogens is 1630 g/mol. The van der Waals surface area contributed by atoms with Crippen LogP contribution in [0.4, 0.5) is 0 Å². The molecule has 131 heavy (non-hydrogen) atoms. The summed E-state index contributed by atoms with van der Waals surface area (Å²) < 4.78 is 41.2. The number of aromatic nitrogens is 14. The van der Waals surface area contributed by atoms with Crippen molar-refractivity contribution in [3.05, 3.63) is 391 Å². The van der Waals surface area contributed by atoms with E-state index in [0.29, 0.717) is 5.82 Å². The van der Waals surface area contributed by atoms with Gasteiger partial charge in [0.25, 0.3) is 0 Å². The molecule has 0 saturated carbocycles. The highest BCUT2D eigenvalue weighted by Crippen LogP contribution is 2.42. The van der Waals surface area contributed by atoms with E-state index in [0.717, 1.165) is 247 Å². The van der Waals surface area contributed by atoms with Gasteiger partial charge < -0.3 is 30.9 Å². The fourth-order valence-electron chi connectivity index (χ4n) is 17.3. The predicted molar refractivity (Wildman–Crippen MR) is 519 cm³/mol. The number of furan rings is 7. The van der Waals surface area contributed by atoms with E-state index >= 15 is 0 Å². The number of hydrogen-bond donors (Lipinski definition) is 0. The van der Waals surface area contributed by atoms with Crippen LogP contribution in [0, 0.1) is 0 Å². The summed E-state index contributed by atoms with van der Waals surface area (Å²) in [7, 11) is 0. The second-order valence-corrected chi connectivity index (χ2v) is 31.1. The lowest BCUT2D eigenvalue weighted by Crippen LogP contribution is -1.95. The second-order valence-electron chi connectivity index (χ2n) is 31.1. The first-order valence-electron chi connectivity index (χ1n) is 42.2. The second kappa shape index (κ2) is 32.6. The largest absolute Gasteiger partial charge is 0.456 e. The topological polar surface area (TPSA) is 272 Å². The van der Waals surface area contributed by atoms with Crippen LogP contribution in [0.2, 0.25) is 0 Å². The van der Waals surface area contributed by atoms with Crippen molar-refractivity contribution in [1.82, 2.24) is 69.8 Å². The van der Waals surface area contributed by atoms with Gasteiger partial charge in [-0.25, -0.2) is 69.8 Å². The molecule has 0 unspecified atom stereocenters. The molecule has 0 spiro atoms. The standard InChI is InChI=1S/C26H16N2O.6C14H8N2O/c1-3-9-17(10-4-1)23-21-16-15-20-19-13-7-8-14-22(19)29-25(20)24(21)28-26(27-23)18-11-5-2-6-12-18;1-2-4-13-10(3-1)11-6-12-9(5-14(11)17-13)7-15-8-16-12;1-2-4-13-10(3-1)11-5-9-7-15-8-16-12(9)6-14(11)17-13;1-2-4-12-10(3-1)11-6-5-9-7-15-8-16-13(9)14(11)17-12;1-2-4-11-10(3-1)13-12(17-11)6-5-9-7-15-8-16-14(9)13;1-2-4-12-9(3-1)14-10-7-15-8-16-11(10)5-6-13(14)17-12;1-2-4-13-9(3-1)10-5-6-12-11(14(10)17-13)7-15-8-16-12/h1-16H;6*1-8H. The molecule has 0 aliphatic rings. The quantitative estimate of drug-likeness (QED) is 0.155. The van der Waals surface area contributed by atoms with Crippen LogP contribution in [0.1, 0.15) is 0 Å². The van der Waals surface area contributed by atoms with Crippen LogP contribution in [0.15, 0.2) is 422 Å².